The Morgan fingerprint density at radius 1 is 1.21 bits per heavy atom. The number of hydrogen-bond donors (Lipinski definition) is 1. The molecule has 0 aromatic heterocycles. The fourth-order valence-corrected chi connectivity index (χ4v) is 2.69. The fourth-order valence-electron chi connectivity index (χ4n) is 2.37. The molecule has 0 saturated carbocycles. The summed E-state index contributed by atoms with van der Waals surface area (Å²) in [6.07, 6.45) is 1.99. The van der Waals surface area contributed by atoms with Gasteiger partial charge >= 0.3 is 6.09 Å². The predicted octanol–water partition coefficient (Wildman–Crippen LogP) is 5.81. The van der Waals surface area contributed by atoms with Crippen LogP contribution < -0.4 is 5.32 Å². The maximum atomic E-state index is 14.4. The number of benzene rings is 2. The summed E-state index contributed by atoms with van der Waals surface area (Å²) in [4.78, 5) is 12.0. The van der Waals surface area contributed by atoms with Crippen LogP contribution >= 0.6 is 15.9 Å². The maximum absolute atomic E-state index is 14.4. The second-order valence-electron chi connectivity index (χ2n) is 5.54. The van der Waals surface area contributed by atoms with E-state index in [4.69, 9.17) is 4.74 Å². The van der Waals surface area contributed by atoms with E-state index in [1.165, 1.54) is 6.07 Å². The number of anilines is 1. The van der Waals surface area contributed by atoms with E-state index in [9.17, 15) is 9.18 Å². The molecule has 128 valence electrons. The zero-order valence-electron chi connectivity index (χ0n) is 13.6. The van der Waals surface area contributed by atoms with Gasteiger partial charge in [-0.2, -0.15) is 0 Å². The first-order chi connectivity index (χ1) is 11.6. The SMILES string of the molecule is CCCCc1cc(CBr)cc(F)c1NC(=O)OCc1ccccc1. The molecule has 0 fully saturated rings. The number of nitrogens with one attached hydrogen (secondary N) is 1. The molecule has 0 saturated heterocycles. The van der Waals surface area contributed by atoms with Crippen molar-refractivity contribution in [1.82, 2.24) is 0 Å². The Bertz CT molecular complexity index is 677. The van der Waals surface area contributed by atoms with E-state index in [1.807, 2.05) is 36.4 Å². The normalized spacial score (nSPS) is 10.5. The molecule has 0 radical (unpaired) electrons. The van der Waals surface area contributed by atoms with E-state index in [1.54, 1.807) is 0 Å². The Kier molecular flexibility index (Phi) is 7.25. The third-order valence-corrected chi connectivity index (χ3v) is 4.27. The van der Waals surface area contributed by atoms with Crippen LogP contribution in [0, 0.1) is 5.82 Å². The van der Waals surface area contributed by atoms with E-state index in [0.29, 0.717) is 11.8 Å². The van der Waals surface area contributed by atoms with Gasteiger partial charge in [0.15, 0.2) is 0 Å². The zero-order valence-corrected chi connectivity index (χ0v) is 15.2. The lowest BCUT2D eigenvalue weighted by molar-refractivity contribution is 0.155. The predicted molar refractivity (Wildman–Crippen MR) is 97.9 cm³/mol. The van der Waals surface area contributed by atoms with Gasteiger partial charge in [0.2, 0.25) is 0 Å². The number of aryl methyl sites for hydroxylation is 1. The van der Waals surface area contributed by atoms with Gasteiger partial charge in [0.1, 0.15) is 12.4 Å². The van der Waals surface area contributed by atoms with Crippen molar-refractivity contribution >= 4 is 27.7 Å². The molecule has 0 bridgehead atoms. The highest BCUT2D eigenvalue weighted by atomic mass is 79.9. The van der Waals surface area contributed by atoms with Crippen LogP contribution in [-0.2, 0) is 23.1 Å². The maximum Gasteiger partial charge on any atom is 0.412 e. The van der Waals surface area contributed by atoms with Crippen molar-refractivity contribution in [3.8, 4) is 0 Å². The molecule has 1 N–H and O–H groups in total. The minimum atomic E-state index is -0.651. The van der Waals surface area contributed by atoms with E-state index in [0.717, 1.165) is 29.5 Å². The monoisotopic (exact) mass is 393 g/mol. The molecular weight excluding hydrogens is 373 g/mol. The Morgan fingerprint density at radius 3 is 2.62 bits per heavy atom. The minimum Gasteiger partial charge on any atom is -0.444 e. The number of amides is 1. The number of rotatable bonds is 7. The van der Waals surface area contributed by atoms with Gasteiger partial charge < -0.3 is 4.74 Å². The number of alkyl halides is 1. The quantitative estimate of drug-likeness (QED) is 0.602. The van der Waals surface area contributed by atoms with Crippen molar-refractivity contribution in [1.29, 1.82) is 0 Å². The third kappa shape index (κ3) is 5.34. The van der Waals surface area contributed by atoms with Gasteiger partial charge in [0.05, 0.1) is 5.69 Å². The molecule has 0 aliphatic rings. The highest BCUT2D eigenvalue weighted by Gasteiger charge is 2.14. The summed E-state index contributed by atoms with van der Waals surface area (Å²) in [5, 5.41) is 3.13. The molecule has 24 heavy (non-hydrogen) atoms. The molecule has 3 nitrogen and oxygen atoms in total. The van der Waals surface area contributed by atoms with Gasteiger partial charge in [-0.3, -0.25) is 5.32 Å². The molecule has 0 atom stereocenters. The molecule has 2 aromatic carbocycles. The summed E-state index contributed by atoms with van der Waals surface area (Å²) >= 11 is 3.34. The third-order valence-electron chi connectivity index (χ3n) is 3.63. The van der Waals surface area contributed by atoms with Crippen molar-refractivity contribution in [3.63, 3.8) is 0 Å². The highest BCUT2D eigenvalue weighted by molar-refractivity contribution is 9.08. The van der Waals surface area contributed by atoms with Crippen LogP contribution in [0.5, 0.6) is 0 Å². The molecule has 0 aliphatic heterocycles. The van der Waals surface area contributed by atoms with Crippen LogP contribution in [0.2, 0.25) is 0 Å². The van der Waals surface area contributed by atoms with Crippen LogP contribution in [0.15, 0.2) is 42.5 Å². The average Bonchev–Trinajstić information content (AvgIpc) is 2.61. The van der Waals surface area contributed by atoms with Crippen molar-refractivity contribution in [2.45, 2.75) is 38.1 Å². The first-order valence-electron chi connectivity index (χ1n) is 7.99. The van der Waals surface area contributed by atoms with Crippen LogP contribution in [0.3, 0.4) is 0 Å². The van der Waals surface area contributed by atoms with Gasteiger partial charge in [-0.1, -0.05) is 65.7 Å². The summed E-state index contributed by atoms with van der Waals surface area (Å²) in [7, 11) is 0. The number of ether oxygens (including phenoxy) is 1. The number of hydrogen-bond acceptors (Lipinski definition) is 2. The molecule has 0 spiro atoms. The molecule has 0 heterocycles. The first kappa shape index (κ1) is 18.5. The molecule has 5 heteroatoms. The summed E-state index contributed by atoms with van der Waals surface area (Å²) in [5.41, 5.74) is 2.74. The van der Waals surface area contributed by atoms with E-state index >= 15 is 0 Å². The number of unbranched alkanes of at least 4 members (excludes halogenated alkanes) is 1. The van der Waals surface area contributed by atoms with Gasteiger partial charge in [-0.15, -0.1) is 0 Å². The summed E-state index contributed by atoms with van der Waals surface area (Å²) < 4.78 is 19.5. The lowest BCUT2D eigenvalue weighted by Gasteiger charge is -2.14. The smallest absolute Gasteiger partial charge is 0.412 e. The topological polar surface area (TPSA) is 38.3 Å². The summed E-state index contributed by atoms with van der Waals surface area (Å²) in [6.45, 7) is 2.23. The second kappa shape index (κ2) is 9.42. The lowest BCUT2D eigenvalue weighted by Crippen LogP contribution is -2.16. The average molecular weight is 394 g/mol. The number of carbonyl (C=O) groups excluding carboxylic acids is 1. The standard InChI is InChI=1S/C19H21BrFNO2/c1-2-3-9-16-10-15(12-20)11-17(21)18(16)22-19(23)24-13-14-7-5-4-6-8-14/h4-8,10-11H,2-3,9,12-13H2,1H3,(H,22,23). The van der Waals surface area contributed by atoms with Crippen molar-refractivity contribution in [3.05, 3.63) is 65.0 Å². The Hall–Kier alpha value is -1.88. The van der Waals surface area contributed by atoms with Gasteiger partial charge in [0.25, 0.3) is 0 Å². The Balaban J connectivity index is 2.07. The van der Waals surface area contributed by atoms with E-state index in [2.05, 4.69) is 28.2 Å². The molecule has 1 amide bonds. The van der Waals surface area contributed by atoms with Gasteiger partial charge in [-0.05, 0) is 35.6 Å². The fraction of sp³-hybridized carbons (Fsp3) is 0.316. The molecule has 2 aromatic rings. The number of halogens is 2. The van der Waals surface area contributed by atoms with Crippen molar-refractivity contribution < 1.29 is 13.9 Å². The Labute approximate surface area is 150 Å². The molecule has 0 aliphatic carbocycles. The van der Waals surface area contributed by atoms with E-state index in [-0.39, 0.29) is 12.3 Å². The van der Waals surface area contributed by atoms with Crippen LogP contribution in [0.25, 0.3) is 0 Å². The van der Waals surface area contributed by atoms with Gasteiger partial charge in [-0.25, -0.2) is 9.18 Å². The summed E-state index contributed by atoms with van der Waals surface area (Å²) in [5.74, 6) is -0.435. The highest BCUT2D eigenvalue weighted by Crippen LogP contribution is 2.25. The van der Waals surface area contributed by atoms with E-state index < -0.39 is 11.9 Å². The van der Waals surface area contributed by atoms with Crippen LogP contribution in [0.4, 0.5) is 14.9 Å². The molecule has 2 rings (SSSR count). The van der Waals surface area contributed by atoms with Crippen molar-refractivity contribution in [2.75, 3.05) is 5.32 Å². The minimum absolute atomic E-state index is 0.151. The Morgan fingerprint density at radius 2 is 1.96 bits per heavy atom. The number of carbonyl (C=O) groups is 1. The largest absolute Gasteiger partial charge is 0.444 e. The van der Waals surface area contributed by atoms with Gasteiger partial charge in [0, 0.05) is 5.33 Å². The second-order valence-corrected chi connectivity index (χ2v) is 6.10. The first-order valence-corrected chi connectivity index (χ1v) is 9.11. The summed E-state index contributed by atoms with van der Waals surface area (Å²) in [6, 6.07) is 12.7. The lowest BCUT2D eigenvalue weighted by atomic mass is 10.0. The molecule has 0 unspecified atom stereocenters. The van der Waals surface area contributed by atoms with Crippen LogP contribution in [-0.4, -0.2) is 6.09 Å². The van der Waals surface area contributed by atoms with Crippen molar-refractivity contribution in [2.24, 2.45) is 0 Å². The zero-order chi connectivity index (χ0) is 17.4. The molecular formula is C19H21BrFNO2. The van der Waals surface area contributed by atoms with Crippen LogP contribution in [0.1, 0.15) is 36.5 Å².